The van der Waals surface area contributed by atoms with Crippen molar-refractivity contribution in [2.24, 2.45) is 11.7 Å². The number of ether oxygens (including phenoxy) is 2. The maximum Gasteiger partial charge on any atom is 0.170 e. The van der Waals surface area contributed by atoms with E-state index in [0.717, 1.165) is 19.6 Å². The molecular formula is C13H28N2O2. The molecule has 1 aliphatic rings. The van der Waals surface area contributed by atoms with Crippen LogP contribution in [0.1, 0.15) is 33.6 Å². The fourth-order valence-corrected chi connectivity index (χ4v) is 2.66. The summed E-state index contributed by atoms with van der Waals surface area (Å²) in [4.78, 5) is 2.43. The first-order valence-corrected chi connectivity index (χ1v) is 6.90. The predicted octanol–water partition coefficient (Wildman–Crippen LogP) is 1.44. The van der Waals surface area contributed by atoms with Gasteiger partial charge in [0.05, 0.1) is 0 Å². The van der Waals surface area contributed by atoms with Crippen LogP contribution in [0.5, 0.6) is 0 Å². The van der Waals surface area contributed by atoms with Crippen LogP contribution in [0.2, 0.25) is 0 Å². The summed E-state index contributed by atoms with van der Waals surface area (Å²) < 4.78 is 11.2. The first-order chi connectivity index (χ1) is 8.22. The Labute approximate surface area is 105 Å². The molecule has 0 bridgehead atoms. The van der Waals surface area contributed by atoms with Crippen molar-refractivity contribution in [1.82, 2.24) is 4.90 Å². The fourth-order valence-electron chi connectivity index (χ4n) is 2.66. The van der Waals surface area contributed by atoms with Gasteiger partial charge in [-0.3, -0.25) is 4.90 Å². The summed E-state index contributed by atoms with van der Waals surface area (Å²) in [6.45, 7) is 10.4. The number of hydrogen-bond acceptors (Lipinski definition) is 4. The van der Waals surface area contributed by atoms with Gasteiger partial charge < -0.3 is 15.2 Å². The highest BCUT2D eigenvalue weighted by Crippen LogP contribution is 2.23. The average Bonchev–Trinajstić information content (AvgIpc) is 2.30. The minimum Gasteiger partial charge on any atom is -0.352 e. The van der Waals surface area contributed by atoms with Crippen molar-refractivity contribution >= 4 is 0 Å². The average molecular weight is 244 g/mol. The molecule has 0 aromatic carbocycles. The Morgan fingerprint density at radius 2 is 1.94 bits per heavy atom. The smallest absolute Gasteiger partial charge is 0.170 e. The largest absolute Gasteiger partial charge is 0.352 e. The van der Waals surface area contributed by atoms with Gasteiger partial charge in [0, 0.05) is 32.3 Å². The molecular weight excluding hydrogens is 216 g/mol. The van der Waals surface area contributed by atoms with Crippen LogP contribution in [0, 0.1) is 5.92 Å². The number of piperidine rings is 1. The number of hydrogen-bond donors (Lipinski definition) is 1. The number of nitrogens with zero attached hydrogens (tertiary/aromatic N) is 1. The van der Waals surface area contributed by atoms with Gasteiger partial charge in [0.2, 0.25) is 0 Å². The van der Waals surface area contributed by atoms with Crippen LogP contribution in [0.15, 0.2) is 0 Å². The van der Waals surface area contributed by atoms with Gasteiger partial charge in [-0.15, -0.1) is 0 Å². The second kappa shape index (κ2) is 8.03. The van der Waals surface area contributed by atoms with Crippen LogP contribution in [0.3, 0.4) is 0 Å². The van der Waals surface area contributed by atoms with E-state index in [9.17, 15) is 0 Å². The van der Waals surface area contributed by atoms with Gasteiger partial charge in [0.25, 0.3) is 0 Å². The highest BCUT2D eigenvalue weighted by atomic mass is 16.7. The summed E-state index contributed by atoms with van der Waals surface area (Å²) in [5.74, 6) is 0.678. The van der Waals surface area contributed by atoms with E-state index >= 15 is 0 Å². The molecule has 0 aromatic rings. The van der Waals surface area contributed by atoms with E-state index < -0.39 is 0 Å². The van der Waals surface area contributed by atoms with Crippen LogP contribution >= 0.6 is 0 Å². The van der Waals surface area contributed by atoms with E-state index in [4.69, 9.17) is 15.2 Å². The minimum absolute atomic E-state index is 0.107. The Morgan fingerprint density at radius 3 is 2.47 bits per heavy atom. The third-order valence-electron chi connectivity index (χ3n) is 3.56. The summed E-state index contributed by atoms with van der Waals surface area (Å²) in [5, 5.41) is 0. The molecule has 0 aromatic heterocycles. The molecule has 0 amide bonds. The SMILES string of the molecule is CCOC(CN1CCCC(C)C1CN)OCC. The van der Waals surface area contributed by atoms with Crippen molar-refractivity contribution in [3.63, 3.8) is 0 Å². The maximum absolute atomic E-state index is 5.88. The molecule has 2 atom stereocenters. The number of likely N-dealkylation sites (tertiary alicyclic amines) is 1. The lowest BCUT2D eigenvalue weighted by Gasteiger charge is -2.40. The molecule has 1 aliphatic heterocycles. The standard InChI is InChI=1S/C13H28N2O2/c1-4-16-13(17-5-2)10-15-8-6-7-11(3)12(15)9-14/h11-13H,4-10,14H2,1-3H3. The van der Waals surface area contributed by atoms with E-state index in [1.807, 2.05) is 13.8 Å². The quantitative estimate of drug-likeness (QED) is 0.689. The lowest BCUT2D eigenvalue weighted by atomic mass is 9.91. The van der Waals surface area contributed by atoms with Gasteiger partial charge in [-0.1, -0.05) is 6.92 Å². The molecule has 4 heteroatoms. The van der Waals surface area contributed by atoms with Gasteiger partial charge in [0.15, 0.2) is 6.29 Å². The Kier molecular flexibility index (Phi) is 7.04. The van der Waals surface area contributed by atoms with Crippen molar-refractivity contribution in [2.75, 3.05) is 32.8 Å². The highest BCUT2D eigenvalue weighted by Gasteiger charge is 2.29. The van der Waals surface area contributed by atoms with Gasteiger partial charge >= 0.3 is 0 Å². The second-order valence-corrected chi connectivity index (χ2v) is 4.76. The highest BCUT2D eigenvalue weighted by molar-refractivity contribution is 4.83. The van der Waals surface area contributed by atoms with Crippen molar-refractivity contribution < 1.29 is 9.47 Å². The summed E-state index contributed by atoms with van der Waals surface area (Å²) in [5.41, 5.74) is 5.88. The molecule has 0 spiro atoms. The predicted molar refractivity (Wildman–Crippen MR) is 69.9 cm³/mol. The Morgan fingerprint density at radius 1 is 1.29 bits per heavy atom. The van der Waals surface area contributed by atoms with Gasteiger partial charge in [0.1, 0.15) is 0 Å². The molecule has 1 heterocycles. The molecule has 0 radical (unpaired) electrons. The summed E-state index contributed by atoms with van der Waals surface area (Å²) in [6, 6.07) is 0.479. The van der Waals surface area contributed by atoms with Crippen molar-refractivity contribution in [3.05, 3.63) is 0 Å². The van der Waals surface area contributed by atoms with Gasteiger partial charge in [-0.05, 0) is 39.2 Å². The third-order valence-corrected chi connectivity index (χ3v) is 3.56. The molecule has 0 aliphatic carbocycles. The zero-order valence-corrected chi connectivity index (χ0v) is 11.5. The van der Waals surface area contributed by atoms with Crippen LogP contribution in [0.4, 0.5) is 0 Å². The molecule has 1 rings (SSSR count). The van der Waals surface area contributed by atoms with Crippen molar-refractivity contribution in [2.45, 2.75) is 45.9 Å². The lowest BCUT2D eigenvalue weighted by molar-refractivity contribution is -0.154. The van der Waals surface area contributed by atoms with Crippen molar-refractivity contribution in [1.29, 1.82) is 0 Å². The van der Waals surface area contributed by atoms with E-state index in [-0.39, 0.29) is 6.29 Å². The minimum atomic E-state index is -0.107. The van der Waals surface area contributed by atoms with Crippen LogP contribution in [-0.4, -0.2) is 50.1 Å². The Balaban J connectivity index is 2.50. The van der Waals surface area contributed by atoms with Crippen LogP contribution in [0.25, 0.3) is 0 Å². The topological polar surface area (TPSA) is 47.7 Å². The third kappa shape index (κ3) is 4.54. The first kappa shape index (κ1) is 14.9. The molecule has 2 N–H and O–H groups in total. The molecule has 0 saturated carbocycles. The van der Waals surface area contributed by atoms with E-state index in [2.05, 4.69) is 11.8 Å². The summed E-state index contributed by atoms with van der Waals surface area (Å²) >= 11 is 0. The summed E-state index contributed by atoms with van der Waals surface area (Å²) in [7, 11) is 0. The zero-order chi connectivity index (χ0) is 12.7. The normalized spacial score (nSPS) is 26.6. The van der Waals surface area contributed by atoms with E-state index in [0.29, 0.717) is 25.2 Å². The lowest BCUT2D eigenvalue weighted by Crippen LogP contribution is -2.51. The van der Waals surface area contributed by atoms with Gasteiger partial charge in [-0.25, -0.2) is 0 Å². The fraction of sp³-hybridized carbons (Fsp3) is 1.00. The Bertz CT molecular complexity index is 196. The van der Waals surface area contributed by atoms with Crippen LogP contribution in [-0.2, 0) is 9.47 Å². The first-order valence-electron chi connectivity index (χ1n) is 6.90. The van der Waals surface area contributed by atoms with Gasteiger partial charge in [-0.2, -0.15) is 0 Å². The number of rotatable bonds is 7. The molecule has 4 nitrogen and oxygen atoms in total. The summed E-state index contributed by atoms with van der Waals surface area (Å²) in [6.07, 6.45) is 2.43. The maximum atomic E-state index is 5.88. The monoisotopic (exact) mass is 244 g/mol. The van der Waals surface area contributed by atoms with E-state index in [1.165, 1.54) is 12.8 Å². The molecule has 1 fully saturated rings. The van der Waals surface area contributed by atoms with Crippen LogP contribution < -0.4 is 5.73 Å². The molecule has 2 unspecified atom stereocenters. The van der Waals surface area contributed by atoms with E-state index in [1.54, 1.807) is 0 Å². The Hall–Kier alpha value is -0.160. The molecule has 17 heavy (non-hydrogen) atoms. The number of nitrogens with two attached hydrogens (primary N) is 1. The molecule has 102 valence electrons. The zero-order valence-electron chi connectivity index (χ0n) is 11.5. The second-order valence-electron chi connectivity index (χ2n) is 4.76. The van der Waals surface area contributed by atoms with Crippen molar-refractivity contribution in [3.8, 4) is 0 Å². The molecule has 1 saturated heterocycles.